The van der Waals surface area contributed by atoms with Gasteiger partial charge in [-0.1, -0.05) is 18.7 Å². The van der Waals surface area contributed by atoms with E-state index < -0.39 is 0 Å². The molecule has 0 bridgehead atoms. The molecular weight excluding hydrogens is 106 g/mol. The largest absolute Gasteiger partial charge is 0.360 e. The molecule has 0 radical (unpaired) electrons. The summed E-state index contributed by atoms with van der Waals surface area (Å²) in [6, 6.07) is 0. The molecule has 0 aliphatic rings. The van der Waals surface area contributed by atoms with Crippen LogP contribution in [0.25, 0.3) is 0 Å². The van der Waals surface area contributed by atoms with Crippen molar-refractivity contribution in [3.05, 3.63) is 29.7 Å². The van der Waals surface area contributed by atoms with E-state index in [0.717, 1.165) is 0 Å². The molecule has 0 aliphatic heterocycles. The maximum Gasteiger partial charge on any atom is 0.155 e. The van der Waals surface area contributed by atoms with E-state index in [0.29, 0.717) is 0 Å². The Bertz CT molecular complexity index is 98.6. The minimum atomic E-state index is 0.218. The zero-order valence-electron chi connectivity index (χ0n) is 4.41. The number of rotatable bonds is 4. The molecule has 3 nitrogen and oxygen atoms in total. The standard InChI is InChI=1S/C5H7NO2/c1-2-3-4-5-8-6-7/h2-4H,1,5H2/b4-3+. The molecule has 0 aromatic carbocycles. The van der Waals surface area contributed by atoms with Crippen LogP contribution in [0.5, 0.6) is 0 Å². The van der Waals surface area contributed by atoms with E-state index in [1.165, 1.54) is 0 Å². The van der Waals surface area contributed by atoms with E-state index in [1.54, 1.807) is 18.2 Å². The number of allylic oxidation sites excluding steroid dienone is 2. The highest BCUT2D eigenvalue weighted by molar-refractivity contribution is 4.96. The molecule has 0 heterocycles. The summed E-state index contributed by atoms with van der Waals surface area (Å²) in [5.41, 5.74) is 0. The molecule has 0 saturated carbocycles. The summed E-state index contributed by atoms with van der Waals surface area (Å²) < 4.78 is 0. The molecule has 0 atom stereocenters. The molecule has 0 aromatic rings. The molecule has 0 aliphatic carbocycles. The fourth-order valence-electron chi connectivity index (χ4n) is 0.225. The van der Waals surface area contributed by atoms with E-state index in [1.807, 2.05) is 0 Å². The SMILES string of the molecule is C=C/C=C/CON=O. The van der Waals surface area contributed by atoms with Crippen molar-refractivity contribution in [3.63, 3.8) is 0 Å². The van der Waals surface area contributed by atoms with Gasteiger partial charge in [0.05, 0.1) is 0 Å². The Morgan fingerprint density at radius 1 is 1.75 bits per heavy atom. The van der Waals surface area contributed by atoms with Crippen molar-refractivity contribution in [2.24, 2.45) is 5.34 Å². The maximum absolute atomic E-state index is 9.24. The van der Waals surface area contributed by atoms with Crippen LogP contribution in [-0.2, 0) is 4.84 Å². The quantitative estimate of drug-likeness (QED) is 0.239. The first kappa shape index (κ1) is 6.88. The summed E-state index contributed by atoms with van der Waals surface area (Å²) in [6.07, 6.45) is 4.90. The lowest BCUT2D eigenvalue weighted by atomic mass is 10.5. The summed E-state index contributed by atoms with van der Waals surface area (Å²) in [6.45, 7) is 3.62. The zero-order chi connectivity index (χ0) is 6.24. The van der Waals surface area contributed by atoms with Crippen LogP contribution in [0.3, 0.4) is 0 Å². The van der Waals surface area contributed by atoms with Gasteiger partial charge in [0, 0.05) is 0 Å². The van der Waals surface area contributed by atoms with Gasteiger partial charge in [-0.15, -0.1) is 4.91 Å². The summed E-state index contributed by atoms with van der Waals surface area (Å²) in [5.74, 6) is 0. The number of nitrogens with zero attached hydrogens (tertiary/aromatic N) is 1. The molecule has 0 fully saturated rings. The first-order valence-electron chi connectivity index (χ1n) is 2.14. The van der Waals surface area contributed by atoms with Crippen LogP contribution in [0.1, 0.15) is 0 Å². The molecule has 0 saturated heterocycles. The highest BCUT2D eigenvalue weighted by Gasteiger charge is 1.70. The third-order valence-electron chi connectivity index (χ3n) is 0.496. The van der Waals surface area contributed by atoms with Gasteiger partial charge in [0.2, 0.25) is 0 Å². The first-order chi connectivity index (χ1) is 3.91. The normalized spacial score (nSPS) is 9.00. The van der Waals surface area contributed by atoms with Crippen molar-refractivity contribution in [3.8, 4) is 0 Å². The number of hydrogen-bond acceptors (Lipinski definition) is 3. The molecular formula is C5H7NO2. The van der Waals surface area contributed by atoms with E-state index >= 15 is 0 Å². The Labute approximate surface area is 47.6 Å². The Morgan fingerprint density at radius 3 is 3.00 bits per heavy atom. The maximum atomic E-state index is 9.24. The van der Waals surface area contributed by atoms with Gasteiger partial charge >= 0.3 is 0 Å². The van der Waals surface area contributed by atoms with Crippen molar-refractivity contribution in [2.45, 2.75) is 0 Å². The Balaban J connectivity index is 3.02. The van der Waals surface area contributed by atoms with Gasteiger partial charge in [-0.05, 0) is 6.08 Å². The predicted molar refractivity (Wildman–Crippen MR) is 31.1 cm³/mol. The van der Waals surface area contributed by atoms with Crippen LogP contribution in [0, 0.1) is 4.91 Å². The average Bonchev–Trinajstić information content (AvgIpc) is 1.81. The van der Waals surface area contributed by atoms with Crippen LogP contribution < -0.4 is 0 Å². The van der Waals surface area contributed by atoms with Crippen LogP contribution in [0.15, 0.2) is 30.1 Å². The lowest BCUT2D eigenvalue weighted by Crippen LogP contribution is -1.76. The van der Waals surface area contributed by atoms with Crippen LogP contribution in [-0.4, -0.2) is 6.61 Å². The lowest BCUT2D eigenvalue weighted by molar-refractivity contribution is 0.169. The summed E-state index contributed by atoms with van der Waals surface area (Å²) in [4.78, 5) is 13.3. The topological polar surface area (TPSA) is 38.7 Å². The van der Waals surface area contributed by atoms with E-state index in [9.17, 15) is 4.91 Å². The molecule has 0 rings (SSSR count). The highest BCUT2D eigenvalue weighted by Crippen LogP contribution is 1.76. The van der Waals surface area contributed by atoms with Gasteiger partial charge in [0.15, 0.2) is 5.34 Å². The van der Waals surface area contributed by atoms with Crippen molar-refractivity contribution >= 4 is 0 Å². The fourth-order valence-corrected chi connectivity index (χ4v) is 0.225. The third-order valence-corrected chi connectivity index (χ3v) is 0.496. The molecule has 0 N–H and O–H groups in total. The van der Waals surface area contributed by atoms with Crippen molar-refractivity contribution in [1.29, 1.82) is 0 Å². The summed E-state index contributed by atoms with van der Waals surface area (Å²) >= 11 is 0. The monoisotopic (exact) mass is 113 g/mol. The predicted octanol–water partition coefficient (Wildman–Crippen LogP) is 1.43. The molecule has 3 heteroatoms. The second kappa shape index (κ2) is 5.88. The van der Waals surface area contributed by atoms with Crippen LogP contribution >= 0.6 is 0 Å². The van der Waals surface area contributed by atoms with E-state index in [-0.39, 0.29) is 6.61 Å². The van der Waals surface area contributed by atoms with Crippen molar-refractivity contribution < 1.29 is 4.84 Å². The fraction of sp³-hybridized carbons (Fsp3) is 0.200. The molecule has 8 heavy (non-hydrogen) atoms. The van der Waals surface area contributed by atoms with Crippen LogP contribution in [0.2, 0.25) is 0 Å². The lowest BCUT2D eigenvalue weighted by Gasteiger charge is -1.81. The second-order valence-electron chi connectivity index (χ2n) is 1.03. The average molecular weight is 113 g/mol. The third kappa shape index (κ3) is 4.88. The van der Waals surface area contributed by atoms with Gasteiger partial charge in [0.1, 0.15) is 6.61 Å². The van der Waals surface area contributed by atoms with E-state index in [4.69, 9.17) is 0 Å². The van der Waals surface area contributed by atoms with Crippen molar-refractivity contribution in [1.82, 2.24) is 0 Å². The van der Waals surface area contributed by atoms with Crippen molar-refractivity contribution in [2.75, 3.05) is 6.61 Å². The van der Waals surface area contributed by atoms with E-state index in [2.05, 4.69) is 16.8 Å². The Morgan fingerprint density at radius 2 is 2.50 bits per heavy atom. The summed E-state index contributed by atoms with van der Waals surface area (Å²) in [5, 5.41) is 2.17. The highest BCUT2D eigenvalue weighted by atomic mass is 16.7. The molecule has 0 aromatic heterocycles. The first-order valence-corrected chi connectivity index (χ1v) is 2.14. The Kier molecular flexibility index (Phi) is 5.06. The minimum absolute atomic E-state index is 0.218. The summed E-state index contributed by atoms with van der Waals surface area (Å²) in [7, 11) is 0. The molecule has 44 valence electrons. The second-order valence-corrected chi connectivity index (χ2v) is 1.03. The molecule has 0 spiro atoms. The van der Waals surface area contributed by atoms with Gasteiger partial charge < -0.3 is 4.84 Å². The van der Waals surface area contributed by atoms with Gasteiger partial charge in [0.25, 0.3) is 0 Å². The molecule has 0 unspecified atom stereocenters. The van der Waals surface area contributed by atoms with Crippen LogP contribution in [0.4, 0.5) is 0 Å². The number of hydrogen-bond donors (Lipinski definition) is 0. The van der Waals surface area contributed by atoms with Gasteiger partial charge in [-0.25, -0.2) is 0 Å². The minimum Gasteiger partial charge on any atom is -0.360 e. The van der Waals surface area contributed by atoms with Gasteiger partial charge in [-0.3, -0.25) is 0 Å². The smallest absolute Gasteiger partial charge is 0.155 e. The molecule has 0 amide bonds. The zero-order valence-corrected chi connectivity index (χ0v) is 4.41. The van der Waals surface area contributed by atoms with Gasteiger partial charge in [-0.2, -0.15) is 0 Å². The Hall–Kier alpha value is -1.12.